The molecule has 2 aromatic rings. The van der Waals surface area contributed by atoms with E-state index in [9.17, 15) is 12.8 Å². The van der Waals surface area contributed by atoms with Crippen LogP contribution in [0.15, 0.2) is 17.0 Å². The molecule has 1 aromatic heterocycles. The zero-order valence-electron chi connectivity index (χ0n) is 6.44. The molecular formula is C6H2ClFN2O2SSe. The van der Waals surface area contributed by atoms with E-state index in [0.717, 1.165) is 12.1 Å². The third kappa shape index (κ3) is 1.56. The summed E-state index contributed by atoms with van der Waals surface area (Å²) in [5.41, 5.74) is 0.0340. The van der Waals surface area contributed by atoms with Crippen molar-refractivity contribution < 1.29 is 12.8 Å². The Hall–Kier alpha value is -0.491. The van der Waals surface area contributed by atoms with Crippen LogP contribution in [0, 0.1) is 5.82 Å². The fourth-order valence-corrected chi connectivity index (χ4v) is 3.30. The Kier molecular flexibility index (Phi) is 2.35. The molecule has 8 heteroatoms. The molecule has 0 spiro atoms. The Morgan fingerprint density at radius 3 is 2.57 bits per heavy atom. The first-order valence-corrected chi connectivity index (χ1v) is 7.20. The van der Waals surface area contributed by atoms with Crippen LogP contribution in [0.4, 0.5) is 4.39 Å². The van der Waals surface area contributed by atoms with Gasteiger partial charge in [-0.1, -0.05) is 0 Å². The maximum atomic E-state index is 13.1. The van der Waals surface area contributed by atoms with E-state index < -0.39 is 29.8 Å². The number of rotatable bonds is 1. The SMILES string of the molecule is O=S(=O)(Cl)c1ccc(F)c2n[se]nc12. The minimum atomic E-state index is -3.88. The number of hydrogen-bond donors (Lipinski definition) is 0. The molecule has 2 rings (SSSR count). The summed E-state index contributed by atoms with van der Waals surface area (Å²) in [6.45, 7) is 0. The monoisotopic (exact) mass is 300 g/mol. The van der Waals surface area contributed by atoms with E-state index in [1.807, 2.05) is 0 Å². The molecule has 0 saturated heterocycles. The Morgan fingerprint density at radius 1 is 1.29 bits per heavy atom. The van der Waals surface area contributed by atoms with Crippen molar-refractivity contribution in [1.29, 1.82) is 0 Å². The molecule has 0 radical (unpaired) electrons. The van der Waals surface area contributed by atoms with Crippen molar-refractivity contribution in [3.63, 3.8) is 0 Å². The van der Waals surface area contributed by atoms with Gasteiger partial charge in [-0.3, -0.25) is 0 Å². The van der Waals surface area contributed by atoms with Gasteiger partial charge in [0.1, 0.15) is 0 Å². The number of aromatic nitrogens is 2. The summed E-state index contributed by atoms with van der Waals surface area (Å²) in [5, 5.41) is 0. The first-order valence-electron chi connectivity index (χ1n) is 3.35. The molecule has 0 aliphatic carbocycles. The average molecular weight is 300 g/mol. The fraction of sp³-hybridized carbons (Fsp3) is 0. The van der Waals surface area contributed by atoms with Crippen LogP contribution in [0.25, 0.3) is 11.0 Å². The van der Waals surface area contributed by atoms with Crippen molar-refractivity contribution in [1.82, 2.24) is 7.96 Å². The van der Waals surface area contributed by atoms with Crippen molar-refractivity contribution in [2.45, 2.75) is 4.90 Å². The van der Waals surface area contributed by atoms with E-state index in [1.54, 1.807) is 0 Å². The summed E-state index contributed by atoms with van der Waals surface area (Å²) < 4.78 is 42.8. The van der Waals surface area contributed by atoms with Crippen LogP contribution in [0.3, 0.4) is 0 Å². The zero-order chi connectivity index (χ0) is 10.3. The summed E-state index contributed by atoms with van der Waals surface area (Å²) in [5.74, 6) is -0.577. The second-order valence-corrected chi connectivity index (χ2v) is 6.09. The van der Waals surface area contributed by atoms with Crippen LogP contribution < -0.4 is 0 Å². The van der Waals surface area contributed by atoms with E-state index in [2.05, 4.69) is 7.96 Å². The third-order valence-corrected chi connectivity index (χ3v) is 4.05. The molecule has 0 N–H and O–H groups in total. The zero-order valence-corrected chi connectivity index (χ0v) is 9.72. The Balaban J connectivity index is 2.93. The van der Waals surface area contributed by atoms with E-state index in [-0.39, 0.29) is 15.9 Å². The third-order valence-electron chi connectivity index (χ3n) is 1.59. The molecule has 0 aliphatic heterocycles. The van der Waals surface area contributed by atoms with Gasteiger partial charge in [-0.05, 0) is 0 Å². The molecular weight excluding hydrogens is 298 g/mol. The van der Waals surface area contributed by atoms with Gasteiger partial charge in [-0.15, -0.1) is 0 Å². The van der Waals surface area contributed by atoms with E-state index in [4.69, 9.17) is 10.7 Å². The Bertz CT molecular complexity index is 597. The van der Waals surface area contributed by atoms with Gasteiger partial charge in [0.05, 0.1) is 0 Å². The number of benzene rings is 1. The molecule has 0 fully saturated rings. The molecule has 0 aliphatic rings. The first-order chi connectivity index (χ1) is 6.50. The number of hydrogen-bond acceptors (Lipinski definition) is 4. The summed E-state index contributed by atoms with van der Waals surface area (Å²) in [6.07, 6.45) is 0. The van der Waals surface area contributed by atoms with Crippen LogP contribution in [-0.2, 0) is 9.05 Å². The molecule has 0 saturated carbocycles. The van der Waals surface area contributed by atoms with E-state index >= 15 is 0 Å². The summed E-state index contributed by atoms with van der Waals surface area (Å²) in [6, 6.07) is 2.12. The normalized spacial score (nSPS) is 12.1. The van der Waals surface area contributed by atoms with Crippen LogP contribution >= 0.6 is 10.7 Å². The first kappa shape index (κ1) is 10.0. The van der Waals surface area contributed by atoms with E-state index in [0.29, 0.717) is 0 Å². The second kappa shape index (κ2) is 3.27. The number of nitrogens with zero attached hydrogens (tertiary/aromatic N) is 2. The minimum absolute atomic E-state index is 0.00766. The van der Waals surface area contributed by atoms with Crippen LogP contribution in [0.5, 0.6) is 0 Å². The van der Waals surface area contributed by atoms with Crippen molar-refractivity contribution in [2.24, 2.45) is 0 Å². The number of fused-ring (bicyclic) bond motifs is 1. The topological polar surface area (TPSA) is 59.9 Å². The molecule has 0 unspecified atom stereocenters. The summed E-state index contributed by atoms with van der Waals surface area (Å²) >= 11 is -0.485. The molecule has 14 heavy (non-hydrogen) atoms. The average Bonchev–Trinajstić information content (AvgIpc) is 2.50. The van der Waals surface area contributed by atoms with Gasteiger partial charge in [0.2, 0.25) is 0 Å². The molecule has 74 valence electrons. The van der Waals surface area contributed by atoms with Gasteiger partial charge in [-0.2, -0.15) is 0 Å². The maximum absolute atomic E-state index is 13.1. The summed E-state index contributed by atoms with van der Waals surface area (Å²) in [7, 11) is 1.27. The van der Waals surface area contributed by atoms with Crippen molar-refractivity contribution in [3.8, 4) is 0 Å². The molecule has 1 aromatic carbocycles. The van der Waals surface area contributed by atoms with Gasteiger partial charge < -0.3 is 0 Å². The Labute approximate surface area is 89.3 Å². The van der Waals surface area contributed by atoms with Crippen LogP contribution in [0.2, 0.25) is 0 Å². The van der Waals surface area contributed by atoms with Gasteiger partial charge >= 0.3 is 89.3 Å². The fourth-order valence-electron chi connectivity index (χ4n) is 1.01. The second-order valence-electron chi connectivity index (χ2n) is 2.44. The van der Waals surface area contributed by atoms with Gasteiger partial charge in [0, 0.05) is 0 Å². The van der Waals surface area contributed by atoms with Crippen molar-refractivity contribution in [3.05, 3.63) is 17.9 Å². The van der Waals surface area contributed by atoms with Crippen molar-refractivity contribution >= 4 is 45.7 Å². The standard InChI is InChI=1S/C6H2ClFN2O2SSe/c7-13(11,12)4-2-1-3(8)5-6(4)10-14-9-5/h1-2H. The molecule has 0 amide bonds. The Morgan fingerprint density at radius 2 is 1.93 bits per heavy atom. The predicted octanol–water partition coefficient (Wildman–Crippen LogP) is 0.753. The molecule has 4 nitrogen and oxygen atoms in total. The van der Waals surface area contributed by atoms with Crippen LogP contribution in [-0.4, -0.2) is 31.3 Å². The van der Waals surface area contributed by atoms with Crippen molar-refractivity contribution in [2.75, 3.05) is 0 Å². The van der Waals surface area contributed by atoms with Gasteiger partial charge in [0.15, 0.2) is 0 Å². The number of halogens is 2. The quantitative estimate of drug-likeness (QED) is 0.576. The molecule has 0 bridgehead atoms. The predicted molar refractivity (Wildman–Crippen MR) is 49.5 cm³/mol. The summed E-state index contributed by atoms with van der Waals surface area (Å²) in [4.78, 5) is -0.182. The van der Waals surface area contributed by atoms with Gasteiger partial charge in [0.25, 0.3) is 0 Å². The van der Waals surface area contributed by atoms with E-state index in [1.165, 1.54) is 0 Å². The molecule has 0 atom stereocenters. The molecule has 1 heterocycles. The van der Waals surface area contributed by atoms with Gasteiger partial charge in [-0.25, -0.2) is 0 Å². The van der Waals surface area contributed by atoms with Crippen LogP contribution in [0.1, 0.15) is 0 Å².